The van der Waals surface area contributed by atoms with Crippen molar-refractivity contribution in [1.29, 1.82) is 0 Å². The van der Waals surface area contributed by atoms with Crippen molar-refractivity contribution in [3.63, 3.8) is 0 Å². The lowest BCUT2D eigenvalue weighted by Gasteiger charge is -2.30. The van der Waals surface area contributed by atoms with Crippen molar-refractivity contribution < 1.29 is 19.1 Å². The number of hydrogen-bond donors (Lipinski definition) is 1. The molecule has 6 heteroatoms. The predicted octanol–water partition coefficient (Wildman–Crippen LogP) is 2.79. The minimum Gasteiger partial charge on any atom is -0.480 e. The zero-order valence-electron chi connectivity index (χ0n) is 10.5. The molecule has 0 bridgehead atoms. The minimum atomic E-state index is -0.963. The van der Waals surface area contributed by atoms with Gasteiger partial charge in [0.1, 0.15) is 6.04 Å². The Hall–Kier alpha value is -1.49. The van der Waals surface area contributed by atoms with Crippen molar-refractivity contribution in [2.45, 2.75) is 38.1 Å². The zero-order chi connectivity index (χ0) is 13.8. The van der Waals surface area contributed by atoms with Gasteiger partial charge in [-0.05, 0) is 30.5 Å². The van der Waals surface area contributed by atoms with Crippen LogP contribution in [0.15, 0.2) is 16.7 Å². The van der Waals surface area contributed by atoms with Gasteiger partial charge in [-0.1, -0.05) is 19.3 Å². The molecule has 2 rings (SSSR count). The molecule has 1 amide bonds. The topological polar surface area (TPSA) is 70.8 Å². The number of carbonyl (C=O) groups excluding carboxylic acids is 1. The average molecular weight is 286 g/mol. The van der Waals surface area contributed by atoms with Crippen LogP contribution in [0, 0.1) is 0 Å². The molecule has 1 atom stereocenters. The van der Waals surface area contributed by atoms with Gasteiger partial charge in [0.2, 0.25) is 5.22 Å². The fraction of sp³-hybridized carbons (Fsp3) is 0.538. The van der Waals surface area contributed by atoms with Gasteiger partial charge >= 0.3 is 5.97 Å². The molecule has 0 saturated carbocycles. The SMILES string of the molecule is O=C(O)C1CCCCCCN1C(=O)c1ccoc1Cl. The molecule has 0 radical (unpaired) electrons. The number of aliphatic carboxylic acids is 1. The highest BCUT2D eigenvalue weighted by molar-refractivity contribution is 6.32. The van der Waals surface area contributed by atoms with E-state index in [0.717, 1.165) is 25.7 Å². The zero-order valence-corrected chi connectivity index (χ0v) is 11.2. The van der Waals surface area contributed by atoms with Crippen molar-refractivity contribution in [1.82, 2.24) is 4.90 Å². The molecule has 2 heterocycles. The molecule has 1 fully saturated rings. The molecule has 1 aliphatic rings. The van der Waals surface area contributed by atoms with E-state index in [2.05, 4.69) is 0 Å². The number of carbonyl (C=O) groups is 2. The molecular weight excluding hydrogens is 270 g/mol. The highest BCUT2D eigenvalue weighted by atomic mass is 35.5. The Balaban J connectivity index is 2.24. The second-order valence-electron chi connectivity index (χ2n) is 4.66. The monoisotopic (exact) mass is 285 g/mol. The van der Waals surface area contributed by atoms with Crippen LogP contribution in [0.4, 0.5) is 0 Å². The van der Waals surface area contributed by atoms with Gasteiger partial charge in [0.15, 0.2) is 0 Å². The van der Waals surface area contributed by atoms with Crippen LogP contribution in [0.5, 0.6) is 0 Å². The van der Waals surface area contributed by atoms with Gasteiger partial charge in [-0.25, -0.2) is 4.79 Å². The smallest absolute Gasteiger partial charge is 0.326 e. The number of rotatable bonds is 2. The number of furan rings is 1. The number of likely N-dealkylation sites (tertiary alicyclic amines) is 1. The number of hydrogen-bond acceptors (Lipinski definition) is 3. The summed E-state index contributed by atoms with van der Waals surface area (Å²) in [6, 6.07) is 0.696. The molecule has 1 N–H and O–H groups in total. The quantitative estimate of drug-likeness (QED) is 0.907. The Morgan fingerprint density at radius 3 is 2.68 bits per heavy atom. The Bertz CT molecular complexity index is 471. The molecule has 19 heavy (non-hydrogen) atoms. The van der Waals surface area contributed by atoms with E-state index in [1.807, 2.05) is 0 Å². The number of carboxylic acids is 1. The van der Waals surface area contributed by atoms with Crippen molar-refractivity contribution in [2.24, 2.45) is 0 Å². The van der Waals surface area contributed by atoms with E-state index in [9.17, 15) is 14.7 Å². The van der Waals surface area contributed by atoms with E-state index < -0.39 is 12.0 Å². The fourth-order valence-electron chi connectivity index (χ4n) is 2.39. The summed E-state index contributed by atoms with van der Waals surface area (Å²) < 4.78 is 4.90. The maximum atomic E-state index is 12.4. The fourth-order valence-corrected chi connectivity index (χ4v) is 2.58. The van der Waals surface area contributed by atoms with E-state index >= 15 is 0 Å². The van der Waals surface area contributed by atoms with Gasteiger partial charge in [-0.3, -0.25) is 4.79 Å². The molecule has 1 aromatic rings. The summed E-state index contributed by atoms with van der Waals surface area (Å²) in [6.07, 6.45) is 5.46. The Morgan fingerprint density at radius 1 is 1.32 bits per heavy atom. The maximum Gasteiger partial charge on any atom is 0.326 e. The summed E-state index contributed by atoms with van der Waals surface area (Å²) in [5.41, 5.74) is 0.230. The predicted molar refractivity (Wildman–Crippen MR) is 69.3 cm³/mol. The minimum absolute atomic E-state index is 0.0104. The van der Waals surface area contributed by atoms with Crippen molar-refractivity contribution >= 4 is 23.5 Å². The van der Waals surface area contributed by atoms with Crippen LogP contribution < -0.4 is 0 Å². The lowest BCUT2D eigenvalue weighted by atomic mass is 10.0. The molecule has 104 valence electrons. The summed E-state index contributed by atoms with van der Waals surface area (Å²) in [6.45, 7) is 0.442. The number of nitrogens with zero attached hydrogens (tertiary/aromatic N) is 1. The molecule has 1 aromatic heterocycles. The standard InChI is InChI=1S/C13H16ClNO4/c14-11-9(6-8-19-11)12(16)15-7-4-2-1-3-5-10(15)13(17)18/h6,8,10H,1-5,7H2,(H,17,18). The lowest BCUT2D eigenvalue weighted by molar-refractivity contribution is -0.142. The first-order chi connectivity index (χ1) is 9.11. The normalized spacial score (nSPS) is 20.7. The summed E-state index contributed by atoms with van der Waals surface area (Å²) in [5.74, 6) is -1.33. The van der Waals surface area contributed by atoms with E-state index in [4.69, 9.17) is 16.0 Å². The molecule has 1 unspecified atom stereocenters. The van der Waals surface area contributed by atoms with Crippen molar-refractivity contribution in [2.75, 3.05) is 6.54 Å². The molecule has 0 aliphatic carbocycles. The molecular formula is C13H16ClNO4. The summed E-state index contributed by atoms with van der Waals surface area (Å²) in [5, 5.41) is 9.30. The van der Waals surface area contributed by atoms with Crippen LogP contribution in [0.3, 0.4) is 0 Å². The molecule has 1 aliphatic heterocycles. The van der Waals surface area contributed by atoms with Gasteiger partial charge in [-0.2, -0.15) is 0 Å². The van der Waals surface area contributed by atoms with E-state index in [-0.39, 0.29) is 16.7 Å². The van der Waals surface area contributed by atoms with Gasteiger partial charge in [0.05, 0.1) is 11.8 Å². The summed E-state index contributed by atoms with van der Waals surface area (Å²) in [4.78, 5) is 25.1. The number of amides is 1. The van der Waals surface area contributed by atoms with Crippen LogP contribution in [0.25, 0.3) is 0 Å². The molecule has 0 spiro atoms. The first-order valence-electron chi connectivity index (χ1n) is 6.38. The highest BCUT2D eigenvalue weighted by Crippen LogP contribution is 2.23. The van der Waals surface area contributed by atoms with Crippen LogP contribution in [-0.2, 0) is 4.79 Å². The van der Waals surface area contributed by atoms with E-state index in [1.54, 1.807) is 0 Å². The summed E-state index contributed by atoms with van der Waals surface area (Å²) in [7, 11) is 0. The lowest BCUT2D eigenvalue weighted by Crippen LogP contribution is -2.46. The van der Waals surface area contributed by atoms with E-state index in [0.29, 0.717) is 13.0 Å². The Morgan fingerprint density at radius 2 is 2.05 bits per heavy atom. The van der Waals surface area contributed by atoms with Crippen molar-refractivity contribution in [3.8, 4) is 0 Å². The highest BCUT2D eigenvalue weighted by Gasteiger charge is 2.32. The molecule has 5 nitrogen and oxygen atoms in total. The van der Waals surface area contributed by atoms with Crippen LogP contribution >= 0.6 is 11.6 Å². The van der Waals surface area contributed by atoms with E-state index in [1.165, 1.54) is 17.2 Å². The molecule has 0 aromatic carbocycles. The van der Waals surface area contributed by atoms with Crippen LogP contribution in [0.1, 0.15) is 42.5 Å². The van der Waals surface area contributed by atoms with Gasteiger partial charge < -0.3 is 14.4 Å². The molecule has 1 saturated heterocycles. The van der Waals surface area contributed by atoms with Crippen LogP contribution in [0.2, 0.25) is 5.22 Å². The second kappa shape index (κ2) is 6.10. The first kappa shape index (κ1) is 13.9. The summed E-state index contributed by atoms with van der Waals surface area (Å²) >= 11 is 5.79. The van der Waals surface area contributed by atoms with Crippen LogP contribution in [-0.4, -0.2) is 34.5 Å². The number of carboxylic acid groups (broad SMARTS) is 1. The van der Waals surface area contributed by atoms with Gasteiger partial charge in [0, 0.05) is 6.54 Å². The third-order valence-electron chi connectivity index (χ3n) is 3.40. The van der Waals surface area contributed by atoms with Gasteiger partial charge in [-0.15, -0.1) is 0 Å². The third-order valence-corrected chi connectivity index (χ3v) is 3.69. The number of halogens is 1. The Kier molecular flexibility index (Phi) is 4.47. The third kappa shape index (κ3) is 3.10. The first-order valence-corrected chi connectivity index (χ1v) is 6.76. The Labute approximate surface area is 116 Å². The maximum absolute atomic E-state index is 12.4. The second-order valence-corrected chi connectivity index (χ2v) is 5.01. The van der Waals surface area contributed by atoms with Crippen molar-refractivity contribution in [3.05, 3.63) is 23.1 Å². The average Bonchev–Trinajstić information content (AvgIpc) is 2.74. The largest absolute Gasteiger partial charge is 0.480 e. The van der Waals surface area contributed by atoms with Gasteiger partial charge in [0.25, 0.3) is 5.91 Å².